The molecule has 0 aromatic carbocycles. The van der Waals surface area contributed by atoms with Gasteiger partial charge < -0.3 is 5.11 Å². The van der Waals surface area contributed by atoms with Crippen molar-refractivity contribution in [1.82, 2.24) is 0 Å². The normalized spacial score (nSPS) is 13.4. The Morgan fingerprint density at radius 2 is 2.09 bits per heavy atom. The molecule has 0 saturated heterocycles. The van der Waals surface area contributed by atoms with Gasteiger partial charge in [0.05, 0.1) is 0 Å². The molecule has 11 heavy (non-hydrogen) atoms. The van der Waals surface area contributed by atoms with Crippen molar-refractivity contribution < 1.29 is 5.11 Å². The molecule has 0 aliphatic carbocycles. The van der Waals surface area contributed by atoms with Crippen molar-refractivity contribution >= 4 is 11.8 Å². The van der Waals surface area contributed by atoms with E-state index in [0.29, 0.717) is 12.5 Å². The molecule has 0 spiro atoms. The molecule has 0 heterocycles. The van der Waals surface area contributed by atoms with Gasteiger partial charge in [-0.3, -0.25) is 0 Å². The van der Waals surface area contributed by atoms with Crippen LogP contribution in [0.1, 0.15) is 32.6 Å². The summed E-state index contributed by atoms with van der Waals surface area (Å²) in [5.74, 6) is 1.80. The molecule has 0 radical (unpaired) electrons. The second-order valence-corrected chi connectivity index (χ2v) is 3.96. The van der Waals surface area contributed by atoms with Crippen molar-refractivity contribution in [2.75, 3.05) is 18.6 Å². The van der Waals surface area contributed by atoms with Crippen LogP contribution in [0.15, 0.2) is 0 Å². The van der Waals surface area contributed by atoms with Crippen LogP contribution in [0, 0.1) is 5.92 Å². The van der Waals surface area contributed by atoms with Crippen LogP contribution in [0.25, 0.3) is 0 Å². The van der Waals surface area contributed by atoms with Crippen molar-refractivity contribution in [2.24, 2.45) is 5.92 Å². The lowest BCUT2D eigenvalue weighted by molar-refractivity contribution is 0.209. The van der Waals surface area contributed by atoms with E-state index in [9.17, 15) is 0 Å². The molecule has 0 aromatic rings. The Labute approximate surface area is 74.6 Å². The Balaban J connectivity index is 3.20. The molecule has 0 aromatic heterocycles. The topological polar surface area (TPSA) is 20.2 Å². The van der Waals surface area contributed by atoms with Crippen LogP contribution in [0.4, 0.5) is 0 Å². The largest absolute Gasteiger partial charge is 0.396 e. The fraction of sp³-hybridized carbons (Fsp3) is 1.00. The van der Waals surface area contributed by atoms with Gasteiger partial charge in [-0.25, -0.2) is 0 Å². The summed E-state index contributed by atoms with van der Waals surface area (Å²) in [6, 6.07) is 0. The molecule has 1 N–H and O–H groups in total. The standard InChI is InChI=1S/C9H20OS/c1-3-5-9(8-10)6-4-7-11-2/h9-10H,3-8H2,1-2H3. The first kappa shape index (κ1) is 11.3. The summed E-state index contributed by atoms with van der Waals surface area (Å²) >= 11 is 1.89. The van der Waals surface area contributed by atoms with Gasteiger partial charge in [0.1, 0.15) is 0 Å². The number of hydrogen-bond acceptors (Lipinski definition) is 2. The van der Waals surface area contributed by atoms with Crippen molar-refractivity contribution in [1.29, 1.82) is 0 Å². The van der Waals surface area contributed by atoms with Gasteiger partial charge >= 0.3 is 0 Å². The Kier molecular flexibility index (Phi) is 8.64. The lowest BCUT2D eigenvalue weighted by Crippen LogP contribution is -2.05. The zero-order valence-electron chi connectivity index (χ0n) is 7.68. The van der Waals surface area contributed by atoms with E-state index in [1.165, 1.54) is 31.4 Å². The molecule has 0 aliphatic rings. The summed E-state index contributed by atoms with van der Waals surface area (Å²) in [6.07, 6.45) is 6.97. The van der Waals surface area contributed by atoms with Gasteiger partial charge in [0.15, 0.2) is 0 Å². The fourth-order valence-electron chi connectivity index (χ4n) is 1.25. The van der Waals surface area contributed by atoms with E-state index < -0.39 is 0 Å². The molecule has 1 nitrogen and oxygen atoms in total. The number of hydrogen-bond donors (Lipinski definition) is 1. The number of rotatable bonds is 7. The van der Waals surface area contributed by atoms with Gasteiger partial charge in [-0.2, -0.15) is 11.8 Å². The third kappa shape index (κ3) is 6.70. The SMILES string of the molecule is CCCC(CO)CCCSC. The Morgan fingerprint density at radius 3 is 2.55 bits per heavy atom. The summed E-state index contributed by atoms with van der Waals surface area (Å²) in [7, 11) is 0. The Bertz CT molecular complexity index is 76.0. The number of aliphatic hydroxyl groups excluding tert-OH is 1. The van der Waals surface area contributed by atoms with Gasteiger partial charge in [0, 0.05) is 6.61 Å². The Hall–Kier alpha value is 0.310. The molecule has 0 rings (SSSR count). The smallest absolute Gasteiger partial charge is 0.0459 e. The molecule has 0 bridgehead atoms. The maximum atomic E-state index is 8.95. The first-order valence-corrected chi connectivity index (χ1v) is 5.84. The van der Waals surface area contributed by atoms with Gasteiger partial charge in [-0.1, -0.05) is 13.3 Å². The van der Waals surface area contributed by atoms with Gasteiger partial charge in [-0.15, -0.1) is 0 Å². The van der Waals surface area contributed by atoms with Crippen molar-refractivity contribution in [3.8, 4) is 0 Å². The van der Waals surface area contributed by atoms with E-state index in [1.807, 2.05) is 11.8 Å². The van der Waals surface area contributed by atoms with E-state index in [2.05, 4.69) is 13.2 Å². The highest BCUT2D eigenvalue weighted by molar-refractivity contribution is 7.98. The predicted molar refractivity (Wildman–Crippen MR) is 53.1 cm³/mol. The van der Waals surface area contributed by atoms with Crippen LogP contribution >= 0.6 is 11.8 Å². The van der Waals surface area contributed by atoms with Crippen molar-refractivity contribution in [3.05, 3.63) is 0 Å². The predicted octanol–water partition coefficient (Wildman–Crippen LogP) is 2.54. The summed E-state index contributed by atoms with van der Waals surface area (Å²) in [5.41, 5.74) is 0. The van der Waals surface area contributed by atoms with Crippen LogP contribution in [0.3, 0.4) is 0 Å². The molecular weight excluding hydrogens is 156 g/mol. The molecule has 0 amide bonds. The fourth-order valence-corrected chi connectivity index (χ4v) is 1.71. The maximum absolute atomic E-state index is 8.95. The van der Waals surface area contributed by atoms with Crippen LogP contribution in [0.5, 0.6) is 0 Å². The van der Waals surface area contributed by atoms with E-state index in [-0.39, 0.29) is 0 Å². The highest BCUT2D eigenvalue weighted by atomic mass is 32.2. The quantitative estimate of drug-likeness (QED) is 0.602. The van der Waals surface area contributed by atoms with Crippen LogP contribution in [-0.2, 0) is 0 Å². The number of aliphatic hydroxyl groups is 1. The molecule has 0 saturated carbocycles. The van der Waals surface area contributed by atoms with Gasteiger partial charge in [0.25, 0.3) is 0 Å². The summed E-state index contributed by atoms with van der Waals surface area (Å²) < 4.78 is 0. The molecule has 1 unspecified atom stereocenters. The first-order valence-electron chi connectivity index (χ1n) is 4.45. The van der Waals surface area contributed by atoms with E-state index in [0.717, 1.165) is 0 Å². The number of thioether (sulfide) groups is 1. The highest BCUT2D eigenvalue weighted by Crippen LogP contribution is 2.13. The molecule has 0 aliphatic heterocycles. The third-order valence-corrected chi connectivity index (χ3v) is 2.61. The minimum Gasteiger partial charge on any atom is -0.396 e. The average molecular weight is 176 g/mol. The Morgan fingerprint density at radius 1 is 1.36 bits per heavy atom. The van der Waals surface area contributed by atoms with E-state index >= 15 is 0 Å². The molecule has 2 heteroatoms. The summed E-state index contributed by atoms with van der Waals surface area (Å²) in [5, 5.41) is 8.95. The minimum absolute atomic E-state index is 0.377. The average Bonchev–Trinajstić information content (AvgIpc) is 2.03. The lowest BCUT2D eigenvalue weighted by Gasteiger charge is -2.11. The molecule has 68 valence electrons. The zero-order valence-corrected chi connectivity index (χ0v) is 8.49. The first-order chi connectivity index (χ1) is 5.35. The summed E-state index contributed by atoms with van der Waals surface area (Å²) in [4.78, 5) is 0. The monoisotopic (exact) mass is 176 g/mol. The van der Waals surface area contributed by atoms with E-state index in [4.69, 9.17) is 5.11 Å². The highest BCUT2D eigenvalue weighted by Gasteiger charge is 2.04. The second kappa shape index (κ2) is 8.41. The van der Waals surface area contributed by atoms with Crippen LogP contribution in [0.2, 0.25) is 0 Å². The van der Waals surface area contributed by atoms with Gasteiger partial charge in [-0.05, 0) is 37.2 Å². The van der Waals surface area contributed by atoms with Gasteiger partial charge in [0.2, 0.25) is 0 Å². The molecule has 1 atom stereocenters. The third-order valence-electron chi connectivity index (χ3n) is 1.92. The molecule has 0 fully saturated rings. The van der Waals surface area contributed by atoms with Crippen molar-refractivity contribution in [2.45, 2.75) is 32.6 Å². The summed E-state index contributed by atoms with van der Waals surface area (Å²) in [6.45, 7) is 2.56. The van der Waals surface area contributed by atoms with Crippen molar-refractivity contribution in [3.63, 3.8) is 0 Å². The minimum atomic E-state index is 0.377. The lowest BCUT2D eigenvalue weighted by atomic mass is 10.00. The molecular formula is C9H20OS. The van der Waals surface area contributed by atoms with Crippen LogP contribution < -0.4 is 0 Å². The van der Waals surface area contributed by atoms with Crippen LogP contribution in [-0.4, -0.2) is 23.7 Å². The maximum Gasteiger partial charge on any atom is 0.0459 e. The zero-order chi connectivity index (χ0) is 8.53. The second-order valence-electron chi connectivity index (χ2n) is 2.97. The van der Waals surface area contributed by atoms with E-state index in [1.54, 1.807) is 0 Å².